The van der Waals surface area contributed by atoms with Gasteiger partial charge in [0.05, 0.1) is 6.54 Å². The van der Waals surface area contributed by atoms with Gasteiger partial charge in [-0.3, -0.25) is 14.4 Å². The van der Waals surface area contributed by atoms with E-state index in [1.165, 1.54) is 52.7 Å². The molecule has 2 heterocycles. The highest BCUT2D eigenvalue weighted by Gasteiger charge is 2.24. The van der Waals surface area contributed by atoms with Gasteiger partial charge in [0.25, 0.3) is 11.5 Å². The molecule has 3 aromatic rings. The number of hydrogen-bond donors (Lipinski definition) is 1. The molecular weight excluding hydrogens is 493 g/mol. The first-order valence-corrected chi connectivity index (χ1v) is 12.0. The number of halogens is 1. The maximum Gasteiger partial charge on any atom is 0.410 e. The van der Waals surface area contributed by atoms with Crippen molar-refractivity contribution < 1.29 is 23.5 Å². The third kappa shape index (κ3) is 6.87. The molecule has 11 heteroatoms. The Hall–Kier alpha value is -4.41. The van der Waals surface area contributed by atoms with Crippen LogP contribution in [-0.4, -0.2) is 71.1 Å². The van der Waals surface area contributed by atoms with E-state index in [0.29, 0.717) is 11.8 Å². The van der Waals surface area contributed by atoms with Crippen molar-refractivity contribution in [2.75, 3.05) is 33.5 Å². The minimum absolute atomic E-state index is 0.0199. The Morgan fingerprint density at radius 2 is 1.84 bits per heavy atom. The Bertz CT molecular complexity index is 1420. The van der Waals surface area contributed by atoms with E-state index >= 15 is 0 Å². The van der Waals surface area contributed by atoms with Gasteiger partial charge in [-0.2, -0.15) is 0 Å². The molecule has 2 aromatic heterocycles. The van der Waals surface area contributed by atoms with Crippen LogP contribution in [0.25, 0.3) is 10.9 Å². The van der Waals surface area contributed by atoms with Crippen LogP contribution >= 0.6 is 0 Å². The van der Waals surface area contributed by atoms with Crippen molar-refractivity contribution in [3.05, 3.63) is 76.6 Å². The highest BCUT2D eigenvalue weighted by molar-refractivity contribution is 5.95. The van der Waals surface area contributed by atoms with Crippen LogP contribution in [0.4, 0.5) is 14.9 Å². The lowest BCUT2D eigenvalue weighted by molar-refractivity contribution is -0.125. The molecule has 1 aromatic carbocycles. The van der Waals surface area contributed by atoms with Gasteiger partial charge in [-0.25, -0.2) is 9.18 Å². The van der Waals surface area contributed by atoms with Crippen LogP contribution in [0, 0.1) is 5.82 Å². The highest BCUT2D eigenvalue weighted by atomic mass is 19.1. The van der Waals surface area contributed by atoms with Crippen LogP contribution in [0.3, 0.4) is 0 Å². The van der Waals surface area contributed by atoms with E-state index < -0.39 is 23.7 Å². The van der Waals surface area contributed by atoms with Gasteiger partial charge < -0.3 is 29.0 Å². The predicted molar refractivity (Wildman–Crippen MR) is 142 cm³/mol. The van der Waals surface area contributed by atoms with E-state index in [1.807, 2.05) is 11.6 Å². The number of ether oxygens (including phenoxy) is 1. The zero-order valence-electron chi connectivity index (χ0n) is 22.1. The van der Waals surface area contributed by atoms with E-state index in [1.54, 1.807) is 44.6 Å². The van der Waals surface area contributed by atoms with Gasteiger partial charge in [-0.05, 0) is 55.3 Å². The minimum Gasteiger partial charge on any atom is -0.436 e. The number of carbonyl (C=O) groups excluding carboxylic acids is 3. The number of allylic oxidation sites excluding steroid dienone is 1. The van der Waals surface area contributed by atoms with Gasteiger partial charge in [0, 0.05) is 58.0 Å². The molecule has 0 aliphatic carbocycles. The lowest BCUT2D eigenvalue weighted by Gasteiger charge is -2.19. The van der Waals surface area contributed by atoms with Crippen molar-refractivity contribution in [1.29, 1.82) is 0 Å². The summed E-state index contributed by atoms with van der Waals surface area (Å²) in [5.74, 6) is -1.22. The standard InChI is InChI=1S/C27H32FN5O5/c1-30(2)24(34)11-7-6-10-23(38-27(37)31(3)4)25(35)29-21-9-8-14-33(26(21)36)17-20-16-18-15-19(28)12-13-22(18)32(20)5/h7-9,11-16,23H,6,10,17H2,1-5H3,(H,29,35)/b11-7+/t23-/m0/s1. The first-order valence-electron chi connectivity index (χ1n) is 12.0. The van der Waals surface area contributed by atoms with Crippen molar-refractivity contribution in [3.63, 3.8) is 0 Å². The molecule has 3 amide bonds. The van der Waals surface area contributed by atoms with Crippen LogP contribution in [0.1, 0.15) is 18.5 Å². The number of anilines is 1. The Kier molecular flexibility index (Phi) is 9.06. The summed E-state index contributed by atoms with van der Waals surface area (Å²) in [5, 5.41) is 3.29. The number of nitrogens with zero attached hydrogens (tertiary/aromatic N) is 4. The lowest BCUT2D eigenvalue weighted by atomic mass is 10.1. The molecule has 202 valence electrons. The fraction of sp³-hybridized carbons (Fsp3) is 0.333. The van der Waals surface area contributed by atoms with Gasteiger partial charge in [0.1, 0.15) is 11.5 Å². The lowest BCUT2D eigenvalue weighted by Crippen LogP contribution is -2.37. The van der Waals surface area contributed by atoms with E-state index in [9.17, 15) is 23.6 Å². The van der Waals surface area contributed by atoms with E-state index in [2.05, 4.69) is 5.32 Å². The normalized spacial score (nSPS) is 11.9. The van der Waals surface area contributed by atoms with E-state index in [4.69, 9.17) is 4.74 Å². The van der Waals surface area contributed by atoms with Crippen molar-refractivity contribution in [3.8, 4) is 0 Å². The zero-order chi connectivity index (χ0) is 28.0. The Labute approximate surface area is 219 Å². The molecule has 10 nitrogen and oxygen atoms in total. The molecule has 1 N–H and O–H groups in total. The average Bonchev–Trinajstić information content (AvgIpc) is 3.16. The fourth-order valence-corrected chi connectivity index (χ4v) is 3.72. The van der Waals surface area contributed by atoms with Crippen molar-refractivity contribution >= 4 is 34.5 Å². The summed E-state index contributed by atoms with van der Waals surface area (Å²) in [6.45, 7) is 0.194. The van der Waals surface area contributed by atoms with Crippen LogP contribution < -0.4 is 10.9 Å². The third-order valence-corrected chi connectivity index (χ3v) is 5.91. The largest absolute Gasteiger partial charge is 0.436 e. The number of benzene rings is 1. The first-order chi connectivity index (χ1) is 18.0. The summed E-state index contributed by atoms with van der Waals surface area (Å²) in [7, 11) is 8.05. The molecule has 0 bridgehead atoms. The maximum atomic E-state index is 13.6. The molecule has 0 radical (unpaired) electrons. The quantitative estimate of drug-likeness (QED) is 0.433. The zero-order valence-corrected chi connectivity index (χ0v) is 22.1. The summed E-state index contributed by atoms with van der Waals surface area (Å²) >= 11 is 0. The first kappa shape index (κ1) is 28.2. The summed E-state index contributed by atoms with van der Waals surface area (Å²) < 4.78 is 22.3. The van der Waals surface area contributed by atoms with Crippen molar-refractivity contribution in [1.82, 2.24) is 18.9 Å². The van der Waals surface area contributed by atoms with Crippen LogP contribution in [0.2, 0.25) is 0 Å². The second kappa shape index (κ2) is 12.2. The molecule has 0 unspecified atom stereocenters. The van der Waals surface area contributed by atoms with Gasteiger partial charge in [-0.15, -0.1) is 0 Å². The number of carbonyl (C=O) groups is 3. The highest BCUT2D eigenvalue weighted by Crippen LogP contribution is 2.20. The molecule has 0 saturated carbocycles. The van der Waals surface area contributed by atoms with Crippen LogP contribution in [0.5, 0.6) is 0 Å². The number of nitrogens with one attached hydrogen (secondary N) is 1. The van der Waals surface area contributed by atoms with Gasteiger partial charge in [-0.1, -0.05) is 6.08 Å². The number of fused-ring (bicyclic) bond motifs is 1. The molecular formula is C27H32FN5O5. The van der Waals surface area contributed by atoms with Gasteiger partial charge in [0.2, 0.25) is 5.91 Å². The SMILES string of the molecule is CN(C)C(=O)/C=C/CC[C@H](OC(=O)N(C)C)C(=O)Nc1cccn(Cc2cc3cc(F)ccc3n2C)c1=O. The second-order valence-corrected chi connectivity index (χ2v) is 9.22. The second-order valence-electron chi connectivity index (χ2n) is 9.22. The number of likely N-dealkylation sites (N-methyl/N-ethyl adjacent to an activating group) is 1. The molecule has 1 atom stereocenters. The molecule has 3 rings (SSSR count). The number of aromatic nitrogens is 2. The smallest absolute Gasteiger partial charge is 0.410 e. The fourth-order valence-electron chi connectivity index (χ4n) is 3.72. The summed E-state index contributed by atoms with van der Waals surface area (Å²) in [5.41, 5.74) is 1.16. The average molecular weight is 526 g/mol. The monoisotopic (exact) mass is 525 g/mol. The maximum absolute atomic E-state index is 13.6. The number of aryl methyl sites for hydroxylation is 1. The Morgan fingerprint density at radius 3 is 2.53 bits per heavy atom. The number of rotatable bonds is 9. The summed E-state index contributed by atoms with van der Waals surface area (Å²) in [6.07, 6.45) is 3.06. The summed E-state index contributed by atoms with van der Waals surface area (Å²) in [6, 6.07) is 9.38. The number of amides is 3. The molecule has 0 spiro atoms. The molecule has 0 aliphatic heterocycles. The number of hydrogen-bond acceptors (Lipinski definition) is 5. The molecule has 38 heavy (non-hydrogen) atoms. The van der Waals surface area contributed by atoms with E-state index in [0.717, 1.165) is 11.2 Å². The van der Waals surface area contributed by atoms with Crippen LogP contribution in [-0.2, 0) is 27.9 Å². The van der Waals surface area contributed by atoms with Gasteiger partial charge >= 0.3 is 6.09 Å². The topological polar surface area (TPSA) is 106 Å². The summed E-state index contributed by atoms with van der Waals surface area (Å²) in [4.78, 5) is 52.7. The molecule has 0 saturated heterocycles. The molecule has 0 aliphatic rings. The van der Waals surface area contributed by atoms with Crippen LogP contribution in [0.15, 0.2) is 59.5 Å². The van der Waals surface area contributed by atoms with E-state index in [-0.39, 0.29) is 30.4 Å². The predicted octanol–water partition coefficient (Wildman–Crippen LogP) is 2.96. The molecule has 0 fully saturated rings. The Morgan fingerprint density at radius 1 is 1.11 bits per heavy atom. The number of pyridine rings is 1. The van der Waals surface area contributed by atoms with Gasteiger partial charge in [0.15, 0.2) is 6.10 Å². The van der Waals surface area contributed by atoms with Crippen molar-refractivity contribution in [2.45, 2.75) is 25.5 Å². The third-order valence-electron chi connectivity index (χ3n) is 5.91. The van der Waals surface area contributed by atoms with Crippen molar-refractivity contribution in [2.24, 2.45) is 7.05 Å². The Balaban J connectivity index is 1.78. The minimum atomic E-state index is -1.19.